The maximum atomic E-state index is 5.27. The standard InChI is InChI=1S/C16H16N4O/c1-20(13-6-3-2-4-7-13)15-9-10-17-16(19-15)18-12-14-8-5-11-21-14/h2-11H,12H2,1H3,(H,17,18,19). The Labute approximate surface area is 123 Å². The molecule has 0 amide bonds. The summed E-state index contributed by atoms with van der Waals surface area (Å²) < 4.78 is 5.27. The first kappa shape index (κ1) is 13.2. The van der Waals surface area contributed by atoms with Gasteiger partial charge in [-0.2, -0.15) is 4.98 Å². The molecule has 0 atom stereocenters. The van der Waals surface area contributed by atoms with Crippen LogP contribution in [0.2, 0.25) is 0 Å². The summed E-state index contributed by atoms with van der Waals surface area (Å²) >= 11 is 0. The summed E-state index contributed by atoms with van der Waals surface area (Å²) in [6.07, 6.45) is 3.39. The molecule has 0 bridgehead atoms. The van der Waals surface area contributed by atoms with Crippen LogP contribution in [-0.4, -0.2) is 17.0 Å². The Bertz CT molecular complexity index is 683. The molecule has 5 nitrogen and oxygen atoms in total. The maximum Gasteiger partial charge on any atom is 0.224 e. The quantitative estimate of drug-likeness (QED) is 0.775. The van der Waals surface area contributed by atoms with E-state index < -0.39 is 0 Å². The third-order valence-corrected chi connectivity index (χ3v) is 3.13. The van der Waals surface area contributed by atoms with Gasteiger partial charge in [0.25, 0.3) is 0 Å². The summed E-state index contributed by atoms with van der Waals surface area (Å²) in [5.74, 6) is 2.25. The second-order valence-corrected chi connectivity index (χ2v) is 4.57. The number of furan rings is 1. The van der Waals surface area contributed by atoms with Gasteiger partial charge in [-0.3, -0.25) is 0 Å². The molecule has 106 valence electrons. The minimum atomic E-state index is 0.561. The third-order valence-electron chi connectivity index (χ3n) is 3.13. The molecular weight excluding hydrogens is 264 g/mol. The smallest absolute Gasteiger partial charge is 0.224 e. The lowest BCUT2D eigenvalue weighted by Gasteiger charge is -2.18. The summed E-state index contributed by atoms with van der Waals surface area (Å²) in [7, 11) is 1.98. The number of anilines is 3. The van der Waals surface area contributed by atoms with Crippen molar-refractivity contribution in [2.24, 2.45) is 0 Å². The van der Waals surface area contributed by atoms with E-state index >= 15 is 0 Å². The molecule has 1 N–H and O–H groups in total. The fraction of sp³-hybridized carbons (Fsp3) is 0.125. The molecule has 0 fully saturated rings. The van der Waals surface area contributed by atoms with E-state index in [1.54, 1.807) is 12.5 Å². The van der Waals surface area contributed by atoms with Crippen molar-refractivity contribution in [2.45, 2.75) is 6.54 Å². The highest BCUT2D eigenvalue weighted by Crippen LogP contribution is 2.21. The molecule has 0 spiro atoms. The number of hydrogen-bond donors (Lipinski definition) is 1. The van der Waals surface area contributed by atoms with E-state index in [4.69, 9.17) is 4.42 Å². The van der Waals surface area contributed by atoms with Crippen molar-refractivity contribution in [2.75, 3.05) is 17.3 Å². The minimum Gasteiger partial charge on any atom is -0.467 e. The van der Waals surface area contributed by atoms with Gasteiger partial charge in [-0.25, -0.2) is 4.98 Å². The molecule has 0 aliphatic carbocycles. The first-order chi connectivity index (χ1) is 10.3. The topological polar surface area (TPSA) is 54.2 Å². The largest absolute Gasteiger partial charge is 0.467 e. The van der Waals surface area contributed by atoms with Gasteiger partial charge in [0.2, 0.25) is 5.95 Å². The van der Waals surface area contributed by atoms with Crippen LogP contribution in [0.4, 0.5) is 17.5 Å². The summed E-state index contributed by atoms with van der Waals surface area (Å²) in [5, 5.41) is 3.15. The predicted octanol–water partition coefficient (Wildman–Crippen LogP) is 3.45. The van der Waals surface area contributed by atoms with Gasteiger partial charge in [0, 0.05) is 18.9 Å². The fourth-order valence-corrected chi connectivity index (χ4v) is 1.98. The molecule has 1 aromatic carbocycles. The Morgan fingerprint density at radius 3 is 2.71 bits per heavy atom. The van der Waals surface area contributed by atoms with E-state index in [0.29, 0.717) is 12.5 Å². The molecule has 2 heterocycles. The van der Waals surface area contributed by atoms with Crippen LogP contribution in [0, 0.1) is 0 Å². The van der Waals surface area contributed by atoms with Crippen LogP contribution in [0.1, 0.15) is 5.76 Å². The molecule has 3 aromatic rings. The van der Waals surface area contributed by atoms with Crippen LogP contribution in [0.3, 0.4) is 0 Å². The summed E-state index contributed by atoms with van der Waals surface area (Å²) in [4.78, 5) is 10.7. The summed E-state index contributed by atoms with van der Waals surface area (Å²) in [5.41, 5.74) is 1.08. The van der Waals surface area contributed by atoms with Crippen LogP contribution in [0.5, 0.6) is 0 Å². The molecule has 0 aliphatic heterocycles. The first-order valence-electron chi connectivity index (χ1n) is 6.71. The maximum absolute atomic E-state index is 5.27. The van der Waals surface area contributed by atoms with Crippen LogP contribution in [0.25, 0.3) is 0 Å². The van der Waals surface area contributed by atoms with Gasteiger partial charge in [-0.05, 0) is 30.3 Å². The van der Waals surface area contributed by atoms with Gasteiger partial charge in [-0.1, -0.05) is 18.2 Å². The second-order valence-electron chi connectivity index (χ2n) is 4.57. The number of benzene rings is 1. The molecule has 0 saturated carbocycles. The molecule has 2 aromatic heterocycles. The zero-order valence-electron chi connectivity index (χ0n) is 11.7. The Balaban J connectivity index is 1.73. The van der Waals surface area contributed by atoms with E-state index in [-0.39, 0.29) is 0 Å². The van der Waals surface area contributed by atoms with E-state index in [0.717, 1.165) is 17.3 Å². The van der Waals surface area contributed by atoms with Crippen molar-refractivity contribution >= 4 is 17.5 Å². The van der Waals surface area contributed by atoms with E-state index in [1.165, 1.54) is 0 Å². The lowest BCUT2D eigenvalue weighted by molar-refractivity contribution is 0.517. The molecule has 0 unspecified atom stereocenters. The highest BCUT2D eigenvalue weighted by molar-refractivity contribution is 5.59. The predicted molar refractivity (Wildman–Crippen MR) is 82.6 cm³/mol. The van der Waals surface area contributed by atoms with Crippen LogP contribution < -0.4 is 10.2 Å². The van der Waals surface area contributed by atoms with E-state index in [9.17, 15) is 0 Å². The van der Waals surface area contributed by atoms with Crippen LogP contribution >= 0.6 is 0 Å². The molecule has 21 heavy (non-hydrogen) atoms. The normalized spacial score (nSPS) is 10.3. The second kappa shape index (κ2) is 6.09. The summed E-state index contributed by atoms with van der Waals surface area (Å²) in [6.45, 7) is 0.561. The zero-order chi connectivity index (χ0) is 14.5. The van der Waals surface area contributed by atoms with Gasteiger partial charge >= 0.3 is 0 Å². The van der Waals surface area contributed by atoms with Crippen LogP contribution in [0.15, 0.2) is 65.4 Å². The van der Waals surface area contributed by atoms with Gasteiger partial charge < -0.3 is 14.6 Å². The molecule has 5 heteroatoms. The molecule has 3 rings (SSSR count). The van der Waals surface area contributed by atoms with E-state index in [1.807, 2.05) is 60.5 Å². The number of rotatable bonds is 5. The number of hydrogen-bond acceptors (Lipinski definition) is 5. The van der Waals surface area contributed by atoms with Crippen molar-refractivity contribution in [1.29, 1.82) is 0 Å². The molecule has 0 saturated heterocycles. The Morgan fingerprint density at radius 2 is 1.95 bits per heavy atom. The minimum absolute atomic E-state index is 0.561. The van der Waals surface area contributed by atoms with Crippen molar-refractivity contribution in [3.05, 3.63) is 66.8 Å². The third kappa shape index (κ3) is 3.20. The van der Waals surface area contributed by atoms with Crippen molar-refractivity contribution in [3.63, 3.8) is 0 Å². The Hall–Kier alpha value is -2.82. The van der Waals surface area contributed by atoms with Gasteiger partial charge in [0.1, 0.15) is 11.6 Å². The van der Waals surface area contributed by atoms with Crippen molar-refractivity contribution in [3.8, 4) is 0 Å². The number of aromatic nitrogens is 2. The van der Waals surface area contributed by atoms with Crippen molar-refractivity contribution in [1.82, 2.24) is 9.97 Å². The average Bonchev–Trinajstić information content (AvgIpc) is 3.07. The lowest BCUT2D eigenvalue weighted by atomic mass is 10.3. The SMILES string of the molecule is CN(c1ccccc1)c1ccnc(NCc2ccco2)n1. The lowest BCUT2D eigenvalue weighted by Crippen LogP contribution is -2.12. The van der Waals surface area contributed by atoms with Crippen molar-refractivity contribution < 1.29 is 4.42 Å². The monoisotopic (exact) mass is 280 g/mol. The number of nitrogens with one attached hydrogen (secondary N) is 1. The zero-order valence-corrected chi connectivity index (χ0v) is 11.7. The van der Waals surface area contributed by atoms with Gasteiger partial charge in [0.05, 0.1) is 12.8 Å². The molecule has 0 aliphatic rings. The van der Waals surface area contributed by atoms with Gasteiger partial charge in [0.15, 0.2) is 0 Å². The van der Waals surface area contributed by atoms with E-state index in [2.05, 4.69) is 15.3 Å². The number of nitrogens with zero attached hydrogens (tertiary/aromatic N) is 3. The molecule has 0 radical (unpaired) electrons. The van der Waals surface area contributed by atoms with Crippen LogP contribution in [-0.2, 0) is 6.54 Å². The number of para-hydroxylation sites is 1. The highest BCUT2D eigenvalue weighted by Gasteiger charge is 2.06. The Kier molecular flexibility index (Phi) is 3.82. The summed E-state index contributed by atoms with van der Waals surface area (Å²) in [6, 6.07) is 15.7. The average molecular weight is 280 g/mol. The molecular formula is C16H16N4O. The highest BCUT2D eigenvalue weighted by atomic mass is 16.3. The van der Waals surface area contributed by atoms with Gasteiger partial charge in [-0.15, -0.1) is 0 Å². The first-order valence-corrected chi connectivity index (χ1v) is 6.71. The fourth-order valence-electron chi connectivity index (χ4n) is 1.98. The Morgan fingerprint density at radius 1 is 1.10 bits per heavy atom.